The first-order chi connectivity index (χ1) is 6.24. The number of pyridine rings is 1. The van der Waals surface area contributed by atoms with Crippen LogP contribution in [-0.4, -0.2) is 35.2 Å². The number of halogens is 1. The van der Waals surface area contributed by atoms with E-state index in [1.54, 1.807) is 6.20 Å². The molecule has 3 nitrogen and oxygen atoms in total. The number of rotatable bonds is 4. The average Bonchev–Trinajstić information content (AvgIpc) is 2.09. The van der Waals surface area contributed by atoms with Gasteiger partial charge in [-0.1, -0.05) is 17.7 Å². The topological polar surface area (TPSA) is 36.4 Å². The molecule has 0 saturated carbocycles. The Morgan fingerprint density at radius 3 is 3.00 bits per heavy atom. The maximum atomic E-state index is 8.69. The number of aliphatic hydroxyl groups is 1. The molecule has 0 amide bonds. The Bertz CT molecular complexity index is 268. The van der Waals surface area contributed by atoms with Crippen LogP contribution in [0.1, 0.15) is 5.56 Å². The Morgan fingerprint density at radius 1 is 1.62 bits per heavy atom. The summed E-state index contributed by atoms with van der Waals surface area (Å²) < 4.78 is 0. The van der Waals surface area contributed by atoms with E-state index in [2.05, 4.69) is 4.98 Å². The van der Waals surface area contributed by atoms with E-state index >= 15 is 0 Å². The molecule has 0 atom stereocenters. The highest BCUT2D eigenvalue weighted by atomic mass is 35.5. The summed E-state index contributed by atoms with van der Waals surface area (Å²) in [5, 5.41) is 9.23. The summed E-state index contributed by atoms with van der Waals surface area (Å²) in [4.78, 5) is 5.96. The fourth-order valence-electron chi connectivity index (χ4n) is 1.08. The van der Waals surface area contributed by atoms with Gasteiger partial charge >= 0.3 is 0 Å². The average molecular weight is 201 g/mol. The second-order valence-corrected chi connectivity index (χ2v) is 3.27. The van der Waals surface area contributed by atoms with Crippen LogP contribution in [-0.2, 0) is 6.54 Å². The van der Waals surface area contributed by atoms with E-state index < -0.39 is 0 Å². The van der Waals surface area contributed by atoms with E-state index in [9.17, 15) is 0 Å². The summed E-state index contributed by atoms with van der Waals surface area (Å²) in [7, 11) is 1.93. The quantitative estimate of drug-likeness (QED) is 0.742. The lowest BCUT2D eigenvalue weighted by Crippen LogP contribution is -2.21. The predicted molar refractivity (Wildman–Crippen MR) is 52.7 cm³/mol. The van der Waals surface area contributed by atoms with Crippen molar-refractivity contribution < 1.29 is 5.11 Å². The van der Waals surface area contributed by atoms with Crippen LogP contribution in [0.3, 0.4) is 0 Å². The molecule has 0 aromatic carbocycles. The van der Waals surface area contributed by atoms with Crippen molar-refractivity contribution in [3.8, 4) is 0 Å². The Hall–Kier alpha value is -0.640. The van der Waals surface area contributed by atoms with Crippen LogP contribution in [0, 0.1) is 0 Å². The summed E-state index contributed by atoms with van der Waals surface area (Å²) in [6, 6.07) is 3.79. The third-order valence-electron chi connectivity index (χ3n) is 1.76. The number of nitrogens with zero attached hydrogens (tertiary/aromatic N) is 2. The zero-order valence-electron chi connectivity index (χ0n) is 7.57. The molecule has 0 aliphatic carbocycles. The number of likely N-dealkylation sites (N-methyl/N-ethyl adjacent to an activating group) is 1. The Balaban J connectivity index is 2.58. The summed E-state index contributed by atoms with van der Waals surface area (Å²) >= 11 is 5.87. The van der Waals surface area contributed by atoms with Crippen molar-refractivity contribution >= 4 is 11.6 Å². The molecule has 0 saturated heterocycles. The monoisotopic (exact) mass is 200 g/mol. The van der Waals surface area contributed by atoms with E-state index in [-0.39, 0.29) is 6.61 Å². The van der Waals surface area contributed by atoms with Gasteiger partial charge in [0.15, 0.2) is 0 Å². The van der Waals surface area contributed by atoms with Crippen LogP contribution in [0.4, 0.5) is 0 Å². The molecule has 0 unspecified atom stereocenters. The fourth-order valence-corrected chi connectivity index (χ4v) is 1.26. The first-order valence-corrected chi connectivity index (χ1v) is 4.50. The van der Waals surface area contributed by atoms with Gasteiger partial charge in [-0.15, -0.1) is 0 Å². The molecule has 0 radical (unpaired) electrons. The number of aliphatic hydroxyl groups excluding tert-OH is 1. The van der Waals surface area contributed by atoms with Gasteiger partial charge in [-0.2, -0.15) is 0 Å². The van der Waals surface area contributed by atoms with Crippen LogP contribution in [0.15, 0.2) is 18.3 Å². The van der Waals surface area contributed by atoms with Gasteiger partial charge in [0.25, 0.3) is 0 Å². The zero-order valence-corrected chi connectivity index (χ0v) is 8.33. The van der Waals surface area contributed by atoms with E-state index in [4.69, 9.17) is 16.7 Å². The normalized spacial score (nSPS) is 10.8. The second-order valence-electron chi connectivity index (χ2n) is 2.91. The lowest BCUT2D eigenvalue weighted by atomic mass is 10.3. The molecular weight excluding hydrogens is 188 g/mol. The minimum Gasteiger partial charge on any atom is -0.395 e. The van der Waals surface area contributed by atoms with Crippen LogP contribution in [0.2, 0.25) is 5.15 Å². The van der Waals surface area contributed by atoms with Gasteiger partial charge in [-0.25, -0.2) is 4.98 Å². The van der Waals surface area contributed by atoms with Crippen molar-refractivity contribution in [3.63, 3.8) is 0 Å². The summed E-state index contributed by atoms with van der Waals surface area (Å²) in [5.41, 5.74) is 0.986. The van der Waals surface area contributed by atoms with Crippen LogP contribution < -0.4 is 0 Å². The number of aromatic nitrogens is 1. The van der Waals surface area contributed by atoms with Crippen molar-refractivity contribution in [1.29, 1.82) is 0 Å². The molecule has 0 bridgehead atoms. The minimum absolute atomic E-state index is 0.161. The Labute approximate surface area is 83.0 Å². The molecule has 1 rings (SSSR count). The van der Waals surface area contributed by atoms with Crippen LogP contribution >= 0.6 is 11.6 Å². The van der Waals surface area contributed by atoms with Gasteiger partial charge in [0.1, 0.15) is 5.15 Å². The molecule has 72 valence electrons. The van der Waals surface area contributed by atoms with E-state index in [0.29, 0.717) is 18.2 Å². The Morgan fingerprint density at radius 2 is 2.38 bits per heavy atom. The standard InChI is InChI=1S/C9H13ClN2O/c1-12(5-6-13)7-8-3-2-4-11-9(8)10/h2-4,13H,5-7H2,1H3. The van der Waals surface area contributed by atoms with Crippen molar-refractivity contribution in [2.24, 2.45) is 0 Å². The zero-order chi connectivity index (χ0) is 9.68. The molecular formula is C9H13ClN2O. The predicted octanol–water partition coefficient (Wildman–Crippen LogP) is 1.16. The van der Waals surface area contributed by atoms with Crippen molar-refractivity contribution in [3.05, 3.63) is 29.0 Å². The lowest BCUT2D eigenvalue weighted by Gasteiger charge is -2.15. The lowest BCUT2D eigenvalue weighted by molar-refractivity contribution is 0.217. The SMILES string of the molecule is CN(CCO)Cc1cccnc1Cl. The molecule has 1 heterocycles. The van der Waals surface area contributed by atoms with Gasteiger partial charge in [0.05, 0.1) is 6.61 Å². The molecule has 13 heavy (non-hydrogen) atoms. The Kier molecular flexibility index (Phi) is 4.15. The smallest absolute Gasteiger partial charge is 0.133 e. The molecule has 1 aromatic heterocycles. The van der Waals surface area contributed by atoms with Crippen LogP contribution in [0.5, 0.6) is 0 Å². The van der Waals surface area contributed by atoms with Gasteiger partial charge in [0.2, 0.25) is 0 Å². The molecule has 0 fully saturated rings. The number of hydrogen-bond acceptors (Lipinski definition) is 3. The maximum absolute atomic E-state index is 8.69. The molecule has 4 heteroatoms. The van der Waals surface area contributed by atoms with Crippen molar-refractivity contribution in [1.82, 2.24) is 9.88 Å². The van der Waals surface area contributed by atoms with Gasteiger partial charge in [0, 0.05) is 24.8 Å². The first-order valence-electron chi connectivity index (χ1n) is 4.13. The largest absolute Gasteiger partial charge is 0.395 e. The van der Waals surface area contributed by atoms with Gasteiger partial charge in [-0.3, -0.25) is 4.90 Å². The van der Waals surface area contributed by atoms with Crippen molar-refractivity contribution in [2.45, 2.75) is 6.54 Å². The third-order valence-corrected chi connectivity index (χ3v) is 2.10. The minimum atomic E-state index is 0.161. The molecule has 0 aliphatic heterocycles. The van der Waals surface area contributed by atoms with E-state index in [0.717, 1.165) is 5.56 Å². The molecule has 1 aromatic rings. The first kappa shape index (κ1) is 10.4. The molecule has 0 spiro atoms. The highest BCUT2D eigenvalue weighted by Crippen LogP contribution is 2.12. The highest BCUT2D eigenvalue weighted by molar-refractivity contribution is 6.30. The van der Waals surface area contributed by atoms with Crippen LogP contribution in [0.25, 0.3) is 0 Å². The molecule has 0 aliphatic rings. The van der Waals surface area contributed by atoms with Crippen molar-refractivity contribution in [2.75, 3.05) is 20.2 Å². The third kappa shape index (κ3) is 3.30. The highest BCUT2D eigenvalue weighted by Gasteiger charge is 2.03. The molecule has 1 N–H and O–H groups in total. The van der Waals surface area contributed by atoms with Gasteiger partial charge < -0.3 is 5.11 Å². The summed E-state index contributed by atoms with van der Waals surface area (Å²) in [6.07, 6.45) is 1.66. The van der Waals surface area contributed by atoms with E-state index in [1.165, 1.54) is 0 Å². The van der Waals surface area contributed by atoms with E-state index in [1.807, 2.05) is 24.1 Å². The second kappa shape index (κ2) is 5.17. The maximum Gasteiger partial charge on any atom is 0.133 e. The summed E-state index contributed by atoms with van der Waals surface area (Å²) in [6.45, 7) is 1.52. The van der Waals surface area contributed by atoms with Gasteiger partial charge in [-0.05, 0) is 13.1 Å². The summed E-state index contributed by atoms with van der Waals surface area (Å²) in [5.74, 6) is 0. The number of hydrogen-bond donors (Lipinski definition) is 1. The fraction of sp³-hybridized carbons (Fsp3) is 0.444.